The van der Waals surface area contributed by atoms with Gasteiger partial charge in [-0.1, -0.05) is 0 Å². The highest BCUT2D eigenvalue weighted by molar-refractivity contribution is 6.28. The molecule has 0 spiro atoms. The first-order valence-electron chi connectivity index (χ1n) is 12.0. The number of nitro groups is 1. The first kappa shape index (κ1) is 25.5. The summed E-state index contributed by atoms with van der Waals surface area (Å²) in [5.74, 6) is 1.66. The number of halogens is 1. The number of piperidine rings is 1. The van der Waals surface area contributed by atoms with E-state index in [1.165, 1.54) is 34.4 Å². The van der Waals surface area contributed by atoms with Crippen LogP contribution in [0.5, 0.6) is 11.5 Å². The molecule has 0 atom stereocenters. The SMILES string of the molecule is CCn1c(=O)n(C2CCN(c3nc(Cl)nc4cc(OC)c(OC)cc34)CC2)c(=O)c2cc([N+](=O)[O-])ccc21. The predicted octanol–water partition coefficient (Wildman–Crippen LogP) is 3.55. The summed E-state index contributed by atoms with van der Waals surface area (Å²) < 4.78 is 13.5. The molecule has 198 valence electrons. The van der Waals surface area contributed by atoms with Crippen molar-refractivity contribution in [1.82, 2.24) is 19.1 Å². The van der Waals surface area contributed by atoms with Crippen LogP contribution in [0, 0.1) is 10.1 Å². The van der Waals surface area contributed by atoms with Gasteiger partial charge < -0.3 is 14.4 Å². The van der Waals surface area contributed by atoms with Gasteiger partial charge in [-0.05, 0) is 43.5 Å². The largest absolute Gasteiger partial charge is 0.493 e. The Bertz CT molecular complexity index is 1690. The molecule has 1 saturated heterocycles. The molecule has 0 aliphatic carbocycles. The van der Waals surface area contributed by atoms with Crippen LogP contribution >= 0.6 is 11.6 Å². The zero-order valence-corrected chi connectivity index (χ0v) is 21.8. The van der Waals surface area contributed by atoms with Crippen molar-refractivity contribution < 1.29 is 14.4 Å². The van der Waals surface area contributed by atoms with Crippen LogP contribution in [0.25, 0.3) is 21.8 Å². The second-order valence-corrected chi connectivity index (χ2v) is 9.26. The van der Waals surface area contributed by atoms with Gasteiger partial charge in [-0.15, -0.1) is 0 Å². The van der Waals surface area contributed by atoms with Gasteiger partial charge in [0.1, 0.15) is 5.82 Å². The Balaban J connectivity index is 1.52. The Morgan fingerprint density at radius 2 is 1.74 bits per heavy atom. The molecule has 13 heteroatoms. The number of fused-ring (bicyclic) bond motifs is 2. The number of nitrogens with zero attached hydrogens (tertiary/aromatic N) is 6. The number of aromatic nitrogens is 4. The minimum Gasteiger partial charge on any atom is -0.493 e. The lowest BCUT2D eigenvalue weighted by atomic mass is 10.0. The van der Waals surface area contributed by atoms with Gasteiger partial charge in [0.15, 0.2) is 11.5 Å². The number of aryl methyl sites for hydroxylation is 1. The molecule has 2 aromatic carbocycles. The first-order valence-corrected chi connectivity index (χ1v) is 12.4. The average Bonchev–Trinajstić information content (AvgIpc) is 2.92. The first-order chi connectivity index (χ1) is 18.3. The van der Waals surface area contributed by atoms with Gasteiger partial charge in [-0.25, -0.2) is 9.78 Å². The molecule has 3 heterocycles. The van der Waals surface area contributed by atoms with Crippen LogP contribution in [0.4, 0.5) is 11.5 Å². The van der Waals surface area contributed by atoms with Crippen molar-refractivity contribution in [1.29, 1.82) is 0 Å². The van der Waals surface area contributed by atoms with Gasteiger partial charge in [0.2, 0.25) is 5.28 Å². The highest BCUT2D eigenvalue weighted by atomic mass is 35.5. The summed E-state index contributed by atoms with van der Waals surface area (Å²) in [4.78, 5) is 48.4. The molecule has 5 rings (SSSR count). The number of non-ortho nitro benzene ring substituents is 1. The van der Waals surface area contributed by atoms with Crippen LogP contribution in [0.1, 0.15) is 25.8 Å². The van der Waals surface area contributed by atoms with Crippen LogP contribution in [-0.4, -0.2) is 51.3 Å². The van der Waals surface area contributed by atoms with Crippen molar-refractivity contribution >= 4 is 44.9 Å². The second-order valence-electron chi connectivity index (χ2n) is 8.92. The van der Waals surface area contributed by atoms with E-state index in [4.69, 9.17) is 21.1 Å². The highest BCUT2D eigenvalue weighted by Gasteiger charge is 2.28. The molecule has 0 bridgehead atoms. The topological polar surface area (TPSA) is 135 Å². The number of ether oxygens (including phenoxy) is 2. The van der Waals surface area contributed by atoms with E-state index in [2.05, 4.69) is 9.97 Å². The normalized spacial score (nSPS) is 14.3. The van der Waals surface area contributed by atoms with Gasteiger partial charge in [-0.2, -0.15) is 4.98 Å². The molecule has 12 nitrogen and oxygen atoms in total. The monoisotopic (exact) mass is 540 g/mol. The summed E-state index contributed by atoms with van der Waals surface area (Å²) >= 11 is 6.24. The minimum atomic E-state index is -0.551. The quantitative estimate of drug-likeness (QED) is 0.204. The lowest BCUT2D eigenvalue weighted by molar-refractivity contribution is -0.384. The van der Waals surface area contributed by atoms with E-state index in [1.807, 2.05) is 4.90 Å². The lowest BCUT2D eigenvalue weighted by Gasteiger charge is -2.34. The number of rotatable bonds is 6. The molecule has 1 fully saturated rings. The van der Waals surface area contributed by atoms with E-state index >= 15 is 0 Å². The third-order valence-electron chi connectivity index (χ3n) is 6.97. The summed E-state index contributed by atoms with van der Waals surface area (Å²) in [6.07, 6.45) is 0.964. The van der Waals surface area contributed by atoms with E-state index in [0.29, 0.717) is 60.8 Å². The standard InChI is InChI=1S/C25H25ClN6O6/c1-4-30-19-6-5-15(32(35)36)11-17(19)23(33)31(25(30)34)14-7-9-29(10-8-14)22-16-12-20(37-2)21(38-3)13-18(16)27-24(26)28-22/h5-6,11-14H,4,7-10H2,1-3H3. The number of methoxy groups -OCH3 is 2. The third kappa shape index (κ3) is 4.20. The van der Waals surface area contributed by atoms with Crippen LogP contribution in [0.15, 0.2) is 39.9 Å². The van der Waals surface area contributed by atoms with Crippen molar-refractivity contribution in [3.05, 3.63) is 66.6 Å². The number of hydrogen-bond acceptors (Lipinski definition) is 9. The van der Waals surface area contributed by atoms with Gasteiger partial charge >= 0.3 is 5.69 Å². The van der Waals surface area contributed by atoms with E-state index in [9.17, 15) is 19.7 Å². The van der Waals surface area contributed by atoms with Gasteiger partial charge in [-0.3, -0.25) is 24.0 Å². The van der Waals surface area contributed by atoms with E-state index < -0.39 is 16.2 Å². The summed E-state index contributed by atoms with van der Waals surface area (Å²) in [5.41, 5.74) is -0.170. The maximum atomic E-state index is 13.4. The third-order valence-corrected chi connectivity index (χ3v) is 7.14. The zero-order chi connectivity index (χ0) is 27.1. The van der Waals surface area contributed by atoms with E-state index in [-0.39, 0.29) is 22.4 Å². The number of anilines is 1. The van der Waals surface area contributed by atoms with Gasteiger partial charge in [0.05, 0.1) is 35.6 Å². The average molecular weight is 541 g/mol. The highest BCUT2D eigenvalue weighted by Crippen LogP contribution is 2.37. The molecule has 0 unspecified atom stereocenters. The Kier molecular flexibility index (Phi) is 6.66. The van der Waals surface area contributed by atoms with Crippen molar-refractivity contribution in [3.8, 4) is 11.5 Å². The van der Waals surface area contributed by atoms with E-state index in [0.717, 1.165) is 5.39 Å². The molecule has 1 aliphatic rings. The molecule has 2 aromatic heterocycles. The number of nitro benzene ring substituents is 1. The molecule has 1 aliphatic heterocycles. The number of hydrogen-bond donors (Lipinski definition) is 0. The molecule has 0 radical (unpaired) electrons. The van der Waals surface area contributed by atoms with Crippen LogP contribution in [0.3, 0.4) is 0 Å². The predicted molar refractivity (Wildman–Crippen MR) is 143 cm³/mol. The summed E-state index contributed by atoms with van der Waals surface area (Å²) in [5, 5.41) is 12.3. The fraction of sp³-hybridized carbons (Fsp3) is 0.360. The fourth-order valence-electron chi connectivity index (χ4n) is 5.11. The molecule has 0 N–H and O–H groups in total. The Morgan fingerprint density at radius 1 is 1.05 bits per heavy atom. The van der Waals surface area contributed by atoms with Gasteiger partial charge in [0, 0.05) is 49.3 Å². The summed E-state index contributed by atoms with van der Waals surface area (Å²) in [6, 6.07) is 7.15. The zero-order valence-electron chi connectivity index (χ0n) is 21.0. The second kappa shape index (κ2) is 9.93. The lowest BCUT2D eigenvalue weighted by Crippen LogP contribution is -2.46. The van der Waals surface area contributed by atoms with Gasteiger partial charge in [0.25, 0.3) is 11.2 Å². The Labute approximate surface area is 221 Å². The van der Waals surface area contributed by atoms with Crippen molar-refractivity contribution in [3.63, 3.8) is 0 Å². The van der Waals surface area contributed by atoms with Crippen molar-refractivity contribution in [2.24, 2.45) is 0 Å². The Hall–Kier alpha value is -4.19. The fourth-order valence-corrected chi connectivity index (χ4v) is 5.28. The molecular weight excluding hydrogens is 516 g/mol. The van der Waals surface area contributed by atoms with Crippen LogP contribution in [0.2, 0.25) is 5.28 Å². The molecular formula is C25H25ClN6O6. The number of benzene rings is 2. The maximum Gasteiger partial charge on any atom is 0.331 e. The molecule has 38 heavy (non-hydrogen) atoms. The van der Waals surface area contributed by atoms with E-state index in [1.54, 1.807) is 26.2 Å². The maximum absolute atomic E-state index is 13.4. The molecule has 0 saturated carbocycles. The summed E-state index contributed by atoms with van der Waals surface area (Å²) in [7, 11) is 3.09. The van der Waals surface area contributed by atoms with Crippen molar-refractivity contribution in [2.45, 2.75) is 32.4 Å². The minimum absolute atomic E-state index is 0.0834. The Morgan fingerprint density at radius 3 is 2.37 bits per heavy atom. The summed E-state index contributed by atoms with van der Waals surface area (Å²) in [6.45, 7) is 3.11. The van der Waals surface area contributed by atoms with Crippen LogP contribution in [-0.2, 0) is 6.54 Å². The molecule has 0 amide bonds. The molecule has 4 aromatic rings. The smallest absolute Gasteiger partial charge is 0.331 e. The van der Waals surface area contributed by atoms with Crippen molar-refractivity contribution in [2.75, 3.05) is 32.2 Å². The van der Waals surface area contributed by atoms with Crippen LogP contribution < -0.4 is 25.6 Å².